The molecule has 1 nitrogen and oxygen atoms in total. The number of hydrogen-bond donors (Lipinski definition) is 0. The van der Waals surface area contributed by atoms with E-state index in [1.54, 1.807) is 0 Å². The van der Waals surface area contributed by atoms with Crippen molar-refractivity contribution in [1.29, 1.82) is 0 Å². The highest BCUT2D eigenvalue weighted by Crippen LogP contribution is 2.36. The largest absolute Gasteiger partial charge is 0.297 e. The van der Waals surface area contributed by atoms with E-state index < -0.39 is 0 Å². The predicted octanol–water partition coefficient (Wildman–Crippen LogP) is 3.83. The molecule has 0 aliphatic carbocycles. The number of rotatable bonds is 4. The first-order valence-corrected chi connectivity index (χ1v) is 7.08. The first-order valence-electron chi connectivity index (χ1n) is 7.08. The summed E-state index contributed by atoms with van der Waals surface area (Å²) in [4.78, 5) is 2.85. The van der Waals surface area contributed by atoms with Gasteiger partial charge in [-0.05, 0) is 44.6 Å². The topological polar surface area (TPSA) is 3.24 Å². The van der Waals surface area contributed by atoms with E-state index in [0.29, 0.717) is 0 Å². The highest BCUT2D eigenvalue weighted by Gasteiger charge is 2.37. The third-order valence-corrected chi connectivity index (χ3v) is 4.56. The minimum atomic E-state index is 0.945. The van der Waals surface area contributed by atoms with Gasteiger partial charge in [0.15, 0.2) is 0 Å². The maximum atomic E-state index is 2.85. The molecule has 3 unspecified atom stereocenters. The van der Waals surface area contributed by atoms with Gasteiger partial charge in [0.25, 0.3) is 0 Å². The molecule has 0 saturated carbocycles. The monoisotopic (exact) mass is 209 g/mol. The molecule has 2 aliphatic rings. The van der Waals surface area contributed by atoms with Gasteiger partial charge in [-0.3, -0.25) is 4.90 Å². The molecule has 3 atom stereocenters. The normalized spacial score (nSPS) is 36.8. The Morgan fingerprint density at radius 3 is 2.80 bits per heavy atom. The second-order valence-electron chi connectivity index (χ2n) is 5.65. The van der Waals surface area contributed by atoms with Gasteiger partial charge in [-0.2, -0.15) is 0 Å². The average molecular weight is 209 g/mol. The van der Waals surface area contributed by atoms with Gasteiger partial charge in [0.2, 0.25) is 0 Å². The number of nitrogens with zero attached hydrogens (tertiary/aromatic N) is 1. The summed E-state index contributed by atoms with van der Waals surface area (Å²) in [5.41, 5.74) is 0. The van der Waals surface area contributed by atoms with E-state index in [1.807, 2.05) is 0 Å². The Balaban J connectivity index is 1.84. The zero-order valence-electron chi connectivity index (χ0n) is 10.5. The third-order valence-electron chi connectivity index (χ3n) is 4.56. The number of fused-ring (bicyclic) bond motifs is 1. The Labute approximate surface area is 95.2 Å². The number of hydrogen-bond acceptors (Lipinski definition) is 1. The fourth-order valence-electron chi connectivity index (χ4n) is 3.63. The zero-order chi connectivity index (χ0) is 10.7. The third kappa shape index (κ3) is 2.55. The van der Waals surface area contributed by atoms with Crippen LogP contribution in [0.1, 0.15) is 65.2 Å². The summed E-state index contributed by atoms with van der Waals surface area (Å²) in [6, 6.07) is 1.89. The molecular weight excluding hydrogens is 182 g/mol. The van der Waals surface area contributed by atoms with Crippen LogP contribution in [0.25, 0.3) is 0 Å². The van der Waals surface area contributed by atoms with E-state index in [0.717, 1.165) is 18.0 Å². The summed E-state index contributed by atoms with van der Waals surface area (Å²) >= 11 is 0. The van der Waals surface area contributed by atoms with Crippen LogP contribution in [0.3, 0.4) is 0 Å². The molecule has 0 amide bonds. The summed E-state index contributed by atoms with van der Waals surface area (Å²) in [6.45, 7) is 6.17. The minimum Gasteiger partial charge on any atom is -0.297 e. The fourth-order valence-corrected chi connectivity index (χ4v) is 3.63. The molecule has 0 spiro atoms. The minimum absolute atomic E-state index is 0.945. The van der Waals surface area contributed by atoms with Crippen molar-refractivity contribution in [1.82, 2.24) is 4.90 Å². The van der Waals surface area contributed by atoms with Crippen LogP contribution < -0.4 is 0 Å². The summed E-state index contributed by atoms with van der Waals surface area (Å²) in [6.07, 6.45) is 11.6. The van der Waals surface area contributed by atoms with E-state index in [-0.39, 0.29) is 0 Å². The molecule has 0 aromatic carbocycles. The smallest absolute Gasteiger partial charge is 0.0124 e. The Hall–Kier alpha value is -0.0400. The van der Waals surface area contributed by atoms with Gasteiger partial charge in [0, 0.05) is 12.1 Å². The Morgan fingerprint density at radius 1 is 1.13 bits per heavy atom. The van der Waals surface area contributed by atoms with E-state index in [4.69, 9.17) is 0 Å². The van der Waals surface area contributed by atoms with Gasteiger partial charge in [0.05, 0.1) is 0 Å². The van der Waals surface area contributed by atoms with E-state index in [2.05, 4.69) is 18.7 Å². The van der Waals surface area contributed by atoms with Crippen LogP contribution in [-0.2, 0) is 0 Å². The van der Waals surface area contributed by atoms with Crippen molar-refractivity contribution in [2.75, 3.05) is 6.54 Å². The molecule has 0 N–H and O–H groups in total. The van der Waals surface area contributed by atoms with Gasteiger partial charge in [-0.25, -0.2) is 0 Å². The van der Waals surface area contributed by atoms with Gasteiger partial charge in [0.1, 0.15) is 0 Å². The molecule has 2 aliphatic heterocycles. The summed E-state index contributed by atoms with van der Waals surface area (Å²) in [7, 11) is 0. The van der Waals surface area contributed by atoms with Crippen molar-refractivity contribution < 1.29 is 0 Å². The molecule has 2 rings (SSSR count). The number of unbranched alkanes of at least 4 members (excludes halogenated alkanes) is 2. The van der Waals surface area contributed by atoms with Gasteiger partial charge in [-0.1, -0.05) is 33.1 Å². The average Bonchev–Trinajstić information content (AvgIpc) is 2.71. The standard InChI is InChI=1S/C14H27N/c1-3-4-5-7-13-10-9-12(2)14-8-6-11-15(13)14/h12-14H,3-11H2,1-2H3. The Morgan fingerprint density at radius 2 is 2.00 bits per heavy atom. The van der Waals surface area contributed by atoms with Crippen molar-refractivity contribution in [2.24, 2.45) is 5.92 Å². The van der Waals surface area contributed by atoms with Crippen LogP contribution in [0.2, 0.25) is 0 Å². The molecule has 2 fully saturated rings. The molecule has 2 heterocycles. The van der Waals surface area contributed by atoms with E-state index in [9.17, 15) is 0 Å². The highest BCUT2D eigenvalue weighted by molar-refractivity contribution is 4.92. The molecule has 1 heteroatoms. The lowest BCUT2D eigenvalue weighted by molar-refractivity contribution is 0.0751. The molecular formula is C14H27N. The molecule has 0 radical (unpaired) electrons. The zero-order valence-corrected chi connectivity index (χ0v) is 10.5. The van der Waals surface area contributed by atoms with Crippen LogP contribution in [0.5, 0.6) is 0 Å². The Kier molecular flexibility index (Phi) is 4.07. The molecule has 15 heavy (non-hydrogen) atoms. The van der Waals surface area contributed by atoms with Crippen molar-refractivity contribution in [3.05, 3.63) is 0 Å². The van der Waals surface area contributed by atoms with Crippen LogP contribution in [0.15, 0.2) is 0 Å². The lowest BCUT2D eigenvalue weighted by Gasteiger charge is -2.41. The highest BCUT2D eigenvalue weighted by atomic mass is 15.2. The predicted molar refractivity (Wildman–Crippen MR) is 66.1 cm³/mol. The summed E-state index contributed by atoms with van der Waals surface area (Å²) in [5.74, 6) is 0.968. The van der Waals surface area contributed by atoms with Gasteiger partial charge in [-0.15, -0.1) is 0 Å². The second-order valence-corrected chi connectivity index (χ2v) is 5.65. The van der Waals surface area contributed by atoms with Gasteiger partial charge < -0.3 is 0 Å². The second kappa shape index (κ2) is 5.34. The maximum Gasteiger partial charge on any atom is 0.0124 e. The van der Waals surface area contributed by atoms with Gasteiger partial charge >= 0.3 is 0 Å². The first kappa shape index (κ1) is 11.4. The SMILES string of the molecule is CCCCCC1CCC(C)C2CCCN12. The van der Waals surface area contributed by atoms with Crippen LogP contribution >= 0.6 is 0 Å². The van der Waals surface area contributed by atoms with Crippen molar-refractivity contribution in [2.45, 2.75) is 77.3 Å². The lowest BCUT2D eigenvalue weighted by Crippen LogP contribution is -2.46. The van der Waals surface area contributed by atoms with E-state index in [1.165, 1.54) is 57.9 Å². The lowest BCUT2D eigenvalue weighted by atomic mass is 9.85. The fraction of sp³-hybridized carbons (Fsp3) is 1.00. The maximum absolute atomic E-state index is 2.85. The quantitative estimate of drug-likeness (QED) is 0.636. The number of piperidine rings is 1. The summed E-state index contributed by atoms with van der Waals surface area (Å²) in [5, 5.41) is 0. The van der Waals surface area contributed by atoms with Crippen molar-refractivity contribution in [3.63, 3.8) is 0 Å². The summed E-state index contributed by atoms with van der Waals surface area (Å²) < 4.78 is 0. The molecule has 0 aromatic rings. The van der Waals surface area contributed by atoms with E-state index >= 15 is 0 Å². The molecule has 2 saturated heterocycles. The van der Waals surface area contributed by atoms with Crippen molar-refractivity contribution >= 4 is 0 Å². The Bertz CT molecular complexity index is 190. The molecule has 0 bridgehead atoms. The van der Waals surface area contributed by atoms with Crippen molar-refractivity contribution in [3.8, 4) is 0 Å². The van der Waals surface area contributed by atoms with Crippen LogP contribution in [0.4, 0.5) is 0 Å². The molecule has 0 aromatic heterocycles. The molecule has 88 valence electrons. The van der Waals surface area contributed by atoms with Crippen LogP contribution in [0, 0.1) is 5.92 Å². The first-order chi connectivity index (χ1) is 7.33. The van der Waals surface area contributed by atoms with Crippen LogP contribution in [-0.4, -0.2) is 23.5 Å².